The fourth-order valence-corrected chi connectivity index (χ4v) is 2.77. The van der Waals surface area contributed by atoms with E-state index in [9.17, 15) is 0 Å². The smallest absolute Gasteiger partial charge is 0.219 e. The van der Waals surface area contributed by atoms with Gasteiger partial charge in [0.1, 0.15) is 0 Å². The number of aromatic nitrogens is 2. The van der Waals surface area contributed by atoms with Gasteiger partial charge in [-0.05, 0) is 23.8 Å². The maximum atomic E-state index is 5.61. The summed E-state index contributed by atoms with van der Waals surface area (Å²) < 4.78 is 0. The Bertz CT molecular complexity index is 361. The second kappa shape index (κ2) is 8.93. The number of hydrogen-bond acceptors (Lipinski definition) is 3. The van der Waals surface area contributed by atoms with Crippen molar-refractivity contribution in [1.29, 1.82) is 0 Å². The summed E-state index contributed by atoms with van der Waals surface area (Å²) >= 11 is 0. The normalized spacial score (nSPS) is 14.2. The van der Waals surface area contributed by atoms with E-state index in [1.165, 1.54) is 63.4 Å². The topological polar surface area (TPSA) is 51.8 Å². The zero-order chi connectivity index (χ0) is 14.8. The maximum absolute atomic E-state index is 5.61. The Hall–Kier alpha value is -1.12. The van der Waals surface area contributed by atoms with Crippen molar-refractivity contribution in [1.82, 2.24) is 9.97 Å². The van der Waals surface area contributed by atoms with E-state index in [4.69, 9.17) is 5.73 Å². The summed E-state index contributed by atoms with van der Waals surface area (Å²) in [7, 11) is 0. The molecule has 20 heavy (non-hydrogen) atoms. The fraction of sp³-hybridized carbons (Fsp3) is 0.765. The molecular weight excluding hydrogens is 246 g/mol. The molecule has 0 aliphatic carbocycles. The van der Waals surface area contributed by atoms with Crippen molar-refractivity contribution in [3.05, 3.63) is 18.0 Å². The van der Waals surface area contributed by atoms with Crippen molar-refractivity contribution in [3.8, 4) is 0 Å². The molecule has 0 spiro atoms. The van der Waals surface area contributed by atoms with Crippen LogP contribution < -0.4 is 5.73 Å². The average Bonchev–Trinajstić information content (AvgIpc) is 2.45. The Balaban J connectivity index is 2.68. The average molecular weight is 277 g/mol. The molecule has 0 saturated carbocycles. The van der Waals surface area contributed by atoms with Crippen LogP contribution in [-0.2, 0) is 5.41 Å². The summed E-state index contributed by atoms with van der Waals surface area (Å²) in [4.78, 5) is 8.37. The Morgan fingerprint density at radius 3 is 1.95 bits per heavy atom. The molecule has 1 atom stereocenters. The van der Waals surface area contributed by atoms with Crippen LogP contribution in [0.3, 0.4) is 0 Å². The van der Waals surface area contributed by atoms with Crippen LogP contribution in [0.25, 0.3) is 0 Å². The van der Waals surface area contributed by atoms with E-state index in [0.29, 0.717) is 5.95 Å². The van der Waals surface area contributed by atoms with Crippen LogP contribution in [0.5, 0.6) is 0 Å². The van der Waals surface area contributed by atoms with E-state index in [2.05, 4.69) is 30.7 Å². The van der Waals surface area contributed by atoms with Gasteiger partial charge in [-0.3, -0.25) is 0 Å². The van der Waals surface area contributed by atoms with Gasteiger partial charge in [-0.15, -0.1) is 0 Å². The highest BCUT2D eigenvalue weighted by molar-refractivity contribution is 5.23. The lowest BCUT2D eigenvalue weighted by atomic mass is 9.75. The van der Waals surface area contributed by atoms with Crippen LogP contribution in [0.4, 0.5) is 5.95 Å². The summed E-state index contributed by atoms with van der Waals surface area (Å²) in [6.07, 6.45) is 15.4. The number of nitrogens with two attached hydrogens (primary N) is 1. The Labute approximate surface area is 124 Å². The molecule has 3 heteroatoms. The van der Waals surface area contributed by atoms with Gasteiger partial charge in [0.05, 0.1) is 0 Å². The largest absolute Gasteiger partial charge is 0.368 e. The molecule has 0 saturated heterocycles. The summed E-state index contributed by atoms with van der Waals surface area (Å²) in [6, 6.07) is 0. The molecule has 1 rings (SSSR count). The number of anilines is 1. The van der Waals surface area contributed by atoms with Crippen molar-refractivity contribution in [2.75, 3.05) is 5.73 Å². The molecule has 0 radical (unpaired) electrons. The van der Waals surface area contributed by atoms with E-state index in [0.717, 1.165) is 0 Å². The lowest BCUT2D eigenvalue weighted by Gasteiger charge is -2.30. The second-order valence-electron chi connectivity index (χ2n) is 6.16. The molecule has 0 fully saturated rings. The minimum Gasteiger partial charge on any atom is -0.368 e. The number of nitrogen functional groups attached to an aromatic ring is 1. The molecule has 0 amide bonds. The van der Waals surface area contributed by atoms with E-state index in [-0.39, 0.29) is 5.41 Å². The third-order valence-corrected chi connectivity index (χ3v) is 4.28. The highest BCUT2D eigenvalue weighted by Crippen LogP contribution is 2.34. The minimum absolute atomic E-state index is 0.205. The first kappa shape index (κ1) is 16.9. The summed E-state index contributed by atoms with van der Waals surface area (Å²) in [5.41, 5.74) is 7.06. The van der Waals surface area contributed by atoms with Gasteiger partial charge < -0.3 is 5.73 Å². The Kier molecular flexibility index (Phi) is 7.56. The first-order valence-electron chi connectivity index (χ1n) is 8.20. The predicted octanol–water partition coefficient (Wildman–Crippen LogP) is 4.87. The van der Waals surface area contributed by atoms with Gasteiger partial charge >= 0.3 is 0 Å². The molecule has 0 aliphatic rings. The van der Waals surface area contributed by atoms with Crippen LogP contribution in [0.1, 0.15) is 84.1 Å². The highest BCUT2D eigenvalue weighted by atomic mass is 15.0. The summed E-state index contributed by atoms with van der Waals surface area (Å²) in [5, 5.41) is 0. The van der Waals surface area contributed by atoms with Gasteiger partial charge in [0.2, 0.25) is 5.95 Å². The number of nitrogens with zero attached hydrogens (tertiary/aromatic N) is 2. The lowest BCUT2D eigenvalue weighted by molar-refractivity contribution is 0.364. The van der Waals surface area contributed by atoms with Crippen LogP contribution in [0.15, 0.2) is 12.4 Å². The zero-order valence-corrected chi connectivity index (χ0v) is 13.5. The monoisotopic (exact) mass is 277 g/mol. The zero-order valence-electron chi connectivity index (χ0n) is 13.5. The van der Waals surface area contributed by atoms with E-state index in [1.807, 2.05) is 12.4 Å². The van der Waals surface area contributed by atoms with Crippen LogP contribution >= 0.6 is 0 Å². The van der Waals surface area contributed by atoms with Crippen molar-refractivity contribution < 1.29 is 0 Å². The third-order valence-electron chi connectivity index (χ3n) is 4.28. The van der Waals surface area contributed by atoms with Crippen LogP contribution in [0, 0.1) is 0 Å². The molecule has 1 unspecified atom stereocenters. The predicted molar refractivity (Wildman–Crippen MR) is 86.7 cm³/mol. The molecule has 1 aromatic heterocycles. The third kappa shape index (κ3) is 5.48. The van der Waals surface area contributed by atoms with Gasteiger partial charge in [0.15, 0.2) is 0 Å². The molecule has 0 aromatic carbocycles. The molecule has 3 nitrogen and oxygen atoms in total. The first-order valence-corrected chi connectivity index (χ1v) is 8.20. The molecule has 0 aliphatic heterocycles. The van der Waals surface area contributed by atoms with Crippen molar-refractivity contribution in [2.45, 2.75) is 84.0 Å². The molecule has 1 heterocycles. The maximum Gasteiger partial charge on any atom is 0.219 e. The number of hydrogen-bond donors (Lipinski definition) is 1. The highest BCUT2D eigenvalue weighted by Gasteiger charge is 2.26. The second-order valence-corrected chi connectivity index (χ2v) is 6.16. The standard InChI is InChI=1S/C17H31N3/c1-4-6-8-10-12-17(3,11-9-7-5-2)15-13-19-16(18)20-14-15/h13-14H,4-12H2,1-3H3,(H2,18,19,20). The van der Waals surface area contributed by atoms with Gasteiger partial charge in [-0.2, -0.15) is 0 Å². The van der Waals surface area contributed by atoms with Crippen molar-refractivity contribution in [2.24, 2.45) is 0 Å². The molecule has 114 valence electrons. The summed E-state index contributed by atoms with van der Waals surface area (Å²) in [5.74, 6) is 0.371. The Morgan fingerprint density at radius 2 is 1.40 bits per heavy atom. The van der Waals surface area contributed by atoms with Gasteiger partial charge in [0, 0.05) is 12.4 Å². The molecule has 0 bridgehead atoms. The molecule has 1 aromatic rings. The minimum atomic E-state index is 0.205. The fourth-order valence-electron chi connectivity index (χ4n) is 2.77. The van der Waals surface area contributed by atoms with Crippen molar-refractivity contribution in [3.63, 3.8) is 0 Å². The van der Waals surface area contributed by atoms with Crippen molar-refractivity contribution >= 4 is 5.95 Å². The van der Waals surface area contributed by atoms with Gasteiger partial charge in [-0.1, -0.05) is 65.7 Å². The molecule has 2 N–H and O–H groups in total. The Morgan fingerprint density at radius 1 is 0.900 bits per heavy atom. The SMILES string of the molecule is CCCCCCC(C)(CCCCC)c1cnc(N)nc1. The van der Waals surface area contributed by atoms with Gasteiger partial charge in [-0.25, -0.2) is 9.97 Å². The van der Waals surface area contributed by atoms with E-state index >= 15 is 0 Å². The lowest BCUT2D eigenvalue weighted by Crippen LogP contribution is -2.23. The van der Waals surface area contributed by atoms with Crippen LogP contribution in [0.2, 0.25) is 0 Å². The summed E-state index contributed by atoms with van der Waals surface area (Å²) in [6.45, 7) is 6.88. The van der Waals surface area contributed by atoms with Gasteiger partial charge in [0.25, 0.3) is 0 Å². The van der Waals surface area contributed by atoms with E-state index in [1.54, 1.807) is 0 Å². The quantitative estimate of drug-likeness (QED) is 0.621. The molecular formula is C17H31N3. The first-order chi connectivity index (χ1) is 9.62. The van der Waals surface area contributed by atoms with E-state index < -0.39 is 0 Å². The number of rotatable bonds is 10. The number of unbranched alkanes of at least 4 members (excludes halogenated alkanes) is 5. The van der Waals surface area contributed by atoms with Crippen LogP contribution in [-0.4, -0.2) is 9.97 Å².